The molecule has 0 unspecified atom stereocenters. The van der Waals surface area contributed by atoms with Gasteiger partial charge in [-0.05, 0) is 79.3 Å². The van der Waals surface area contributed by atoms with E-state index in [1.165, 1.54) is 128 Å². The van der Waals surface area contributed by atoms with Crippen LogP contribution in [0.3, 0.4) is 0 Å². The van der Waals surface area contributed by atoms with Gasteiger partial charge in [0.25, 0.3) is 10.1 Å². The zero-order chi connectivity index (χ0) is 46.5. The number of hydrogen-bond acceptors (Lipinski definition) is 9. The van der Waals surface area contributed by atoms with E-state index in [4.69, 9.17) is 9.47 Å². The molecule has 0 fully saturated rings. The van der Waals surface area contributed by atoms with E-state index < -0.39 is 30.9 Å². The second kappa shape index (κ2) is 33.6. The van der Waals surface area contributed by atoms with Crippen LogP contribution in [0.25, 0.3) is 0 Å². The number of unbranched alkanes of at least 4 members (excludes halogenated alkanes) is 22. The van der Waals surface area contributed by atoms with Crippen LogP contribution in [0.2, 0.25) is 0 Å². The van der Waals surface area contributed by atoms with Gasteiger partial charge in [-0.3, -0.25) is 4.55 Å². The molecule has 13 heteroatoms. The van der Waals surface area contributed by atoms with E-state index >= 15 is 0 Å². The van der Waals surface area contributed by atoms with Gasteiger partial charge in [0.2, 0.25) is 0 Å². The van der Waals surface area contributed by atoms with Crippen LogP contribution >= 0.6 is 0 Å². The van der Waals surface area contributed by atoms with Crippen molar-refractivity contribution in [2.45, 2.75) is 191 Å². The molecule has 0 aromatic heterocycles. The summed E-state index contributed by atoms with van der Waals surface area (Å²) in [5, 5.41) is 22.5. The van der Waals surface area contributed by atoms with Crippen molar-refractivity contribution < 1.29 is 45.6 Å². The van der Waals surface area contributed by atoms with Gasteiger partial charge in [-0.15, -0.1) is 0 Å². The Kier molecular flexibility index (Phi) is 30.1. The van der Waals surface area contributed by atoms with Crippen LogP contribution in [0.5, 0.6) is 34.5 Å². The van der Waals surface area contributed by atoms with E-state index in [-0.39, 0.29) is 59.9 Å². The molecule has 0 amide bonds. The zero-order valence-electron chi connectivity index (χ0n) is 39.2. The molecule has 4 aromatic rings. The molecule has 4 rings (SSSR count). The smallest absolute Gasteiger partial charge is 0.870 e. The normalized spacial score (nSPS) is 11.4. The molecule has 0 aliphatic rings. The van der Waals surface area contributed by atoms with Crippen LogP contribution in [0.4, 0.5) is 0 Å². The Balaban J connectivity index is 0.000000440. The van der Waals surface area contributed by atoms with Crippen LogP contribution in [-0.4, -0.2) is 68.8 Å². The van der Waals surface area contributed by atoms with Gasteiger partial charge in [0, 0.05) is 6.07 Å². The van der Waals surface area contributed by atoms with Gasteiger partial charge in [0.05, 0.1) is 4.90 Å². The summed E-state index contributed by atoms with van der Waals surface area (Å²) in [4.78, 5) is -0.676. The predicted molar refractivity (Wildman–Crippen MR) is 260 cm³/mol. The minimum atomic E-state index is -4.72. The molecular weight excluding hydrogens is 889 g/mol. The average Bonchev–Trinajstić information content (AvgIpc) is 3.26. The number of benzene rings is 4. The number of phenolic OH excluding ortho intramolecular Hbond substituents is 1. The van der Waals surface area contributed by atoms with Crippen LogP contribution in [-0.2, 0) is 33.1 Å². The topological polar surface area (TPSA) is 173 Å². The number of aryl methyl sites for hydroxylation is 2. The van der Waals surface area contributed by atoms with Crippen molar-refractivity contribution in [3.05, 3.63) is 96.1 Å². The van der Waals surface area contributed by atoms with E-state index in [1.807, 2.05) is 24.3 Å². The van der Waals surface area contributed by atoms with Gasteiger partial charge >= 0.3 is 37.7 Å². The van der Waals surface area contributed by atoms with E-state index in [2.05, 4.69) is 13.8 Å². The molecular formula is C52H74CaO10S2. The van der Waals surface area contributed by atoms with Gasteiger partial charge in [-0.1, -0.05) is 197 Å². The number of phenols is 1. The molecule has 2 N–H and O–H groups in total. The van der Waals surface area contributed by atoms with E-state index in [9.17, 15) is 36.2 Å². The Bertz CT molecular complexity index is 1950. The SMILES string of the molecule is CCCCCCCCCCCCCCc1cc(Oc2ccccc2)c(O)cc1S(=O)(=O)O.CCCCCCCCCCCCCCc1cc(Oc2ccccc2)c([O-])cc1S(=O)(=O)[O-].[Ca+2]. The first-order valence-corrected chi connectivity index (χ1v) is 26.8. The fourth-order valence-electron chi connectivity index (χ4n) is 7.74. The van der Waals surface area contributed by atoms with Crippen LogP contribution in [0.1, 0.15) is 179 Å². The summed E-state index contributed by atoms with van der Waals surface area (Å²) in [6.07, 6.45) is 30.0. The number of aromatic hydroxyl groups is 1. The van der Waals surface area contributed by atoms with Gasteiger partial charge < -0.3 is 24.2 Å². The molecule has 0 spiro atoms. The Hall–Kier alpha value is -2.84. The molecule has 0 saturated heterocycles. The maximum Gasteiger partial charge on any atom is 2.00 e. The third-order valence-corrected chi connectivity index (χ3v) is 13.2. The molecule has 0 saturated carbocycles. The average molecular weight is 963 g/mol. The largest absolute Gasteiger partial charge is 2.00 e. The summed E-state index contributed by atoms with van der Waals surface area (Å²) >= 11 is 0. The summed E-state index contributed by atoms with van der Waals surface area (Å²) in [5.74, 6) is 0.314. The summed E-state index contributed by atoms with van der Waals surface area (Å²) in [5.41, 5.74) is 0.820. The van der Waals surface area contributed by atoms with Gasteiger partial charge in [-0.25, -0.2) is 8.42 Å². The van der Waals surface area contributed by atoms with Crippen molar-refractivity contribution in [3.63, 3.8) is 0 Å². The molecule has 0 heterocycles. The van der Waals surface area contributed by atoms with Gasteiger partial charge in [0.1, 0.15) is 32.3 Å². The van der Waals surface area contributed by atoms with E-state index in [0.29, 0.717) is 35.5 Å². The number of rotatable bonds is 32. The predicted octanol–water partition coefficient (Wildman–Crippen LogP) is 14.0. The summed E-state index contributed by atoms with van der Waals surface area (Å²) < 4.78 is 79.5. The number of para-hydroxylation sites is 2. The molecule has 10 nitrogen and oxygen atoms in total. The fraction of sp³-hybridized carbons (Fsp3) is 0.538. The molecule has 65 heavy (non-hydrogen) atoms. The van der Waals surface area contributed by atoms with Crippen molar-refractivity contribution in [3.8, 4) is 34.5 Å². The van der Waals surface area contributed by atoms with Crippen LogP contribution < -0.4 is 14.6 Å². The maximum absolute atomic E-state index is 12.3. The molecule has 4 aromatic carbocycles. The Morgan fingerprint density at radius 2 is 0.815 bits per heavy atom. The standard InChI is InChI=1S/2C26H38O5S.Ca/c2*1-2-3-4-5-6-7-8-9-10-11-12-14-17-22-20-25(31-23-18-15-13-16-19-23)24(27)21-26(22)32(28,29)30;/h2*13,15-16,18-21,27H,2-12,14,17H2,1H3,(H,28,29,30);/q;;+2/p-2. The van der Waals surface area contributed by atoms with Gasteiger partial charge in [0.15, 0.2) is 11.5 Å². The van der Waals surface area contributed by atoms with E-state index in [0.717, 1.165) is 50.7 Å². The zero-order valence-corrected chi connectivity index (χ0v) is 43.0. The second-order valence-electron chi connectivity index (χ2n) is 16.9. The van der Waals surface area contributed by atoms with Crippen molar-refractivity contribution in [2.24, 2.45) is 0 Å². The Morgan fingerprint density at radius 1 is 0.477 bits per heavy atom. The fourth-order valence-corrected chi connectivity index (χ4v) is 9.23. The third-order valence-electron chi connectivity index (χ3n) is 11.4. The van der Waals surface area contributed by atoms with Crippen molar-refractivity contribution in [1.29, 1.82) is 0 Å². The molecule has 0 aliphatic carbocycles. The number of ether oxygens (including phenoxy) is 2. The Labute approximate surface area is 421 Å². The minimum absolute atomic E-state index is 0. The summed E-state index contributed by atoms with van der Waals surface area (Å²) in [6.45, 7) is 4.47. The summed E-state index contributed by atoms with van der Waals surface area (Å²) in [6, 6.07) is 22.7. The first-order valence-electron chi connectivity index (χ1n) is 23.9. The second-order valence-corrected chi connectivity index (χ2v) is 19.6. The van der Waals surface area contributed by atoms with Crippen LogP contribution in [0.15, 0.2) is 94.7 Å². The first-order chi connectivity index (χ1) is 30.8. The maximum atomic E-state index is 12.3. The minimum Gasteiger partial charge on any atom is -0.870 e. The molecule has 0 bridgehead atoms. The van der Waals surface area contributed by atoms with Crippen molar-refractivity contribution in [1.82, 2.24) is 0 Å². The van der Waals surface area contributed by atoms with Gasteiger partial charge in [-0.2, -0.15) is 8.42 Å². The molecule has 0 atom stereocenters. The Morgan fingerprint density at radius 3 is 1.18 bits per heavy atom. The molecule has 0 aliphatic heterocycles. The van der Waals surface area contributed by atoms with Crippen molar-refractivity contribution >= 4 is 58.0 Å². The molecule has 356 valence electrons. The third kappa shape index (κ3) is 24.7. The van der Waals surface area contributed by atoms with Crippen molar-refractivity contribution in [2.75, 3.05) is 0 Å². The van der Waals surface area contributed by atoms with E-state index in [1.54, 1.807) is 36.4 Å². The summed E-state index contributed by atoms with van der Waals surface area (Å²) in [7, 11) is -9.14. The molecule has 0 radical (unpaired) electrons. The monoisotopic (exact) mass is 962 g/mol. The number of hydrogen-bond donors (Lipinski definition) is 2. The van der Waals surface area contributed by atoms with Crippen LogP contribution in [0, 0.1) is 0 Å². The first kappa shape index (κ1) is 58.3. The quantitative estimate of drug-likeness (QED) is 0.0272.